The number of benzene rings is 3. The third-order valence-corrected chi connectivity index (χ3v) is 5.79. The van der Waals surface area contributed by atoms with Crippen LogP contribution in [0.25, 0.3) is 0 Å². The number of carbonyl (C=O) groups is 2. The van der Waals surface area contributed by atoms with Crippen LogP contribution in [-0.4, -0.2) is 18.5 Å². The van der Waals surface area contributed by atoms with Crippen molar-refractivity contribution in [3.8, 4) is 0 Å². The second-order valence-electron chi connectivity index (χ2n) is 7.49. The molecule has 2 aliphatic heterocycles. The number of aryl methyl sites for hydroxylation is 1. The maximum absolute atomic E-state index is 13.1. The van der Waals surface area contributed by atoms with E-state index in [4.69, 9.17) is 0 Å². The Morgan fingerprint density at radius 1 is 1.03 bits per heavy atom. The summed E-state index contributed by atoms with van der Waals surface area (Å²) in [6.07, 6.45) is 0.850. The van der Waals surface area contributed by atoms with E-state index in [1.54, 1.807) is 4.90 Å². The van der Waals surface area contributed by atoms with Gasteiger partial charge in [0.2, 0.25) is 0 Å². The summed E-state index contributed by atoms with van der Waals surface area (Å²) in [5.41, 5.74) is 6.36. The van der Waals surface area contributed by atoms with Gasteiger partial charge in [-0.15, -0.1) is 0 Å². The van der Waals surface area contributed by atoms with Crippen LogP contribution >= 0.6 is 0 Å². The Morgan fingerprint density at radius 3 is 2.69 bits per heavy atom. The van der Waals surface area contributed by atoms with Gasteiger partial charge in [0.25, 0.3) is 5.91 Å². The van der Waals surface area contributed by atoms with E-state index in [1.807, 2.05) is 67.6 Å². The first-order chi connectivity index (χ1) is 14.1. The lowest BCUT2D eigenvalue weighted by Crippen LogP contribution is -2.33. The van der Waals surface area contributed by atoms with Crippen molar-refractivity contribution in [2.24, 2.45) is 0 Å². The van der Waals surface area contributed by atoms with Crippen molar-refractivity contribution in [2.75, 3.05) is 16.8 Å². The highest BCUT2D eigenvalue weighted by molar-refractivity contribution is 6.07. The van der Waals surface area contributed by atoms with E-state index in [0.717, 1.165) is 28.8 Å². The van der Waals surface area contributed by atoms with Crippen LogP contribution in [-0.2, 0) is 6.42 Å². The summed E-state index contributed by atoms with van der Waals surface area (Å²) in [6, 6.07) is 21.0. The molecule has 0 radical (unpaired) electrons. The second-order valence-corrected chi connectivity index (χ2v) is 7.49. The van der Waals surface area contributed by atoms with Crippen LogP contribution in [0.15, 0.2) is 66.7 Å². The maximum atomic E-state index is 13.1. The van der Waals surface area contributed by atoms with Crippen LogP contribution in [0.5, 0.6) is 0 Å². The lowest BCUT2D eigenvalue weighted by Gasteiger charge is -2.21. The number of anilines is 2. The third-order valence-electron chi connectivity index (χ3n) is 5.79. The van der Waals surface area contributed by atoms with Crippen LogP contribution in [0.3, 0.4) is 0 Å². The van der Waals surface area contributed by atoms with E-state index < -0.39 is 0 Å². The van der Waals surface area contributed by atoms with Crippen molar-refractivity contribution in [1.82, 2.24) is 5.32 Å². The van der Waals surface area contributed by atoms with Crippen molar-refractivity contribution in [3.63, 3.8) is 0 Å². The molecule has 5 heteroatoms. The zero-order chi connectivity index (χ0) is 20.0. The molecule has 0 fully saturated rings. The average molecular weight is 383 g/mol. The molecule has 3 aromatic carbocycles. The zero-order valence-corrected chi connectivity index (χ0v) is 16.1. The second kappa shape index (κ2) is 6.78. The van der Waals surface area contributed by atoms with Crippen molar-refractivity contribution in [1.29, 1.82) is 0 Å². The molecule has 0 spiro atoms. The van der Waals surface area contributed by atoms with E-state index in [1.165, 1.54) is 5.56 Å². The van der Waals surface area contributed by atoms with E-state index in [0.29, 0.717) is 17.8 Å². The van der Waals surface area contributed by atoms with Gasteiger partial charge < -0.3 is 10.6 Å². The molecule has 0 aliphatic carbocycles. The Morgan fingerprint density at radius 2 is 1.83 bits per heavy atom. The minimum Gasteiger partial charge on any atom is -0.341 e. The van der Waals surface area contributed by atoms with Crippen LogP contribution in [0, 0.1) is 6.92 Å². The number of urea groups is 1. The van der Waals surface area contributed by atoms with Crippen LogP contribution in [0.4, 0.5) is 16.2 Å². The highest BCUT2D eigenvalue weighted by Crippen LogP contribution is 2.38. The van der Waals surface area contributed by atoms with Crippen molar-refractivity contribution < 1.29 is 9.59 Å². The number of hydrogen-bond acceptors (Lipinski definition) is 2. The molecule has 3 aromatic rings. The Balaban J connectivity index is 1.51. The first-order valence-corrected chi connectivity index (χ1v) is 9.79. The summed E-state index contributed by atoms with van der Waals surface area (Å²) in [7, 11) is 0. The van der Waals surface area contributed by atoms with Gasteiger partial charge in [-0.3, -0.25) is 9.69 Å². The summed E-state index contributed by atoms with van der Waals surface area (Å²) in [4.78, 5) is 27.4. The molecule has 5 rings (SSSR count). The van der Waals surface area contributed by atoms with Crippen LogP contribution in [0.1, 0.15) is 38.7 Å². The predicted molar refractivity (Wildman–Crippen MR) is 113 cm³/mol. The van der Waals surface area contributed by atoms with Crippen molar-refractivity contribution in [2.45, 2.75) is 19.4 Å². The molecule has 0 aromatic heterocycles. The number of para-hydroxylation sites is 1. The van der Waals surface area contributed by atoms with Crippen molar-refractivity contribution in [3.05, 3.63) is 94.5 Å². The van der Waals surface area contributed by atoms with E-state index in [9.17, 15) is 9.59 Å². The smallest absolute Gasteiger partial charge is 0.326 e. The molecule has 2 heterocycles. The zero-order valence-electron chi connectivity index (χ0n) is 16.1. The molecule has 2 aliphatic rings. The first kappa shape index (κ1) is 17.5. The Bertz CT molecular complexity index is 1140. The molecule has 1 unspecified atom stereocenters. The fraction of sp³-hybridized carbons (Fsp3) is 0.167. The minimum atomic E-state index is -0.277. The molecule has 0 saturated heterocycles. The molecular weight excluding hydrogens is 362 g/mol. The minimum absolute atomic E-state index is 0.115. The lowest BCUT2D eigenvalue weighted by atomic mass is 9.94. The van der Waals surface area contributed by atoms with Gasteiger partial charge in [0.1, 0.15) is 0 Å². The summed E-state index contributed by atoms with van der Waals surface area (Å²) in [5, 5.41) is 6.13. The standard InChI is InChI=1S/C24H21N3O2/c1-15-7-2-4-9-17(15)22-21-18(23(28)26-22)10-6-11-19(21)25-24(29)27-14-13-16-8-3-5-12-20(16)27/h2-12,22H,13-14H2,1H3,(H,25,29)(H,26,28). The molecule has 144 valence electrons. The average Bonchev–Trinajstić information content (AvgIpc) is 3.31. The molecule has 2 N–H and O–H groups in total. The van der Waals surface area contributed by atoms with Crippen LogP contribution in [0.2, 0.25) is 0 Å². The van der Waals surface area contributed by atoms with Crippen LogP contribution < -0.4 is 15.5 Å². The number of nitrogens with one attached hydrogen (secondary N) is 2. The highest BCUT2D eigenvalue weighted by Gasteiger charge is 2.34. The van der Waals surface area contributed by atoms with E-state index in [-0.39, 0.29) is 18.0 Å². The SMILES string of the molecule is Cc1ccccc1C1NC(=O)c2cccc(NC(=O)N3CCc4ccccc43)c21. The van der Waals surface area contributed by atoms with Gasteiger partial charge in [-0.1, -0.05) is 48.5 Å². The monoisotopic (exact) mass is 383 g/mol. The normalized spacial score (nSPS) is 16.9. The predicted octanol–water partition coefficient (Wildman–Crippen LogP) is 4.42. The molecular formula is C24H21N3O2. The quantitative estimate of drug-likeness (QED) is 0.688. The van der Waals surface area contributed by atoms with Gasteiger partial charge in [-0.05, 0) is 48.2 Å². The molecule has 0 bridgehead atoms. The molecule has 29 heavy (non-hydrogen) atoms. The number of carbonyl (C=O) groups excluding carboxylic acids is 2. The molecule has 5 nitrogen and oxygen atoms in total. The van der Waals surface area contributed by atoms with Gasteiger partial charge in [-0.25, -0.2) is 4.79 Å². The first-order valence-electron chi connectivity index (χ1n) is 9.79. The Hall–Kier alpha value is -3.60. The van der Waals surface area contributed by atoms with Gasteiger partial charge in [0, 0.05) is 29.0 Å². The molecule has 0 saturated carbocycles. The Labute approximate surface area is 169 Å². The van der Waals surface area contributed by atoms with Gasteiger partial charge in [0.05, 0.1) is 6.04 Å². The maximum Gasteiger partial charge on any atom is 0.326 e. The largest absolute Gasteiger partial charge is 0.341 e. The fourth-order valence-electron chi connectivity index (χ4n) is 4.34. The van der Waals surface area contributed by atoms with Gasteiger partial charge in [0.15, 0.2) is 0 Å². The summed E-state index contributed by atoms with van der Waals surface area (Å²) < 4.78 is 0. The summed E-state index contributed by atoms with van der Waals surface area (Å²) in [5.74, 6) is -0.115. The third kappa shape index (κ3) is 2.86. The molecule has 1 atom stereocenters. The lowest BCUT2D eigenvalue weighted by molar-refractivity contribution is 0.0960. The number of hydrogen-bond donors (Lipinski definition) is 2. The molecule has 3 amide bonds. The summed E-state index contributed by atoms with van der Waals surface area (Å²) >= 11 is 0. The number of fused-ring (bicyclic) bond motifs is 2. The van der Waals surface area contributed by atoms with E-state index >= 15 is 0 Å². The van der Waals surface area contributed by atoms with Crippen molar-refractivity contribution >= 4 is 23.3 Å². The number of amides is 3. The van der Waals surface area contributed by atoms with E-state index in [2.05, 4.69) is 16.7 Å². The van der Waals surface area contributed by atoms with Gasteiger partial charge in [-0.2, -0.15) is 0 Å². The topological polar surface area (TPSA) is 61.4 Å². The number of nitrogens with zero attached hydrogens (tertiary/aromatic N) is 1. The highest BCUT2D eigenvalue weighted by atomic mass is 16.2. The number of rotatable bonds is 2. The van der Waals surface area contributed by atoms with Gasteiger partial charge >= 0.3 is 6.03 Å². The summed E-state index contributed by atoms with van der Waals surface area (Å²) in [6.45, 7) is 2.68. The Kier molecular flexibility index (Phi) is 4.09. The fourth-order valence-corrected chi connectivity index (χ4v) is 4.34.